The van der Waals surface area contributed by atoms with E-state index in [4.69, 9.17) is 4.74 Å². The fourth-order valence-corrected chi connectivity index (χ4v) is 3.51. The summed E-state index contributed by atoms with van der Waals surface area (Å²) in [5, 5.41) is 15.5. The number of nitrogens with one attached hydrogen (secondary N) is 2. The third-order valence-electron chi connectivity index (χ3n) is 5.47. The lowest BCUT2D eigenvalue weighted by molar-refractivity contribution is -0.130. The van der Waals surface area contributed by atoms with Crippen molar-refractivity contribution in [2.24, 2.45) is 11.8 Å². The third kappa shape index (κ3) is 7.01. The van der Waals surface area contributed by atoms with Gasteiger partial charge in [-0.15, -0.1) is 0 Å². The molecule has 0 fully saturated rings. The van der Waals surface area contributed by atoms with Gasteiger partial charge < -0.3 is 20.5 Å². The first kappa shape index (κ1) is 25.2. The highest BCUT2D eigenvalue weighted by atomic mass is 16.5. The van der Waals surface area contributed by atoms with E-state index in [0.717, 1.165) is 17.5 Å². The molecular weight excluding hydrogens is 404 g/mol. The lowest BCUT2D eigenvalue weighted by Gasteiger charge is -2.24. The van der Waals surface area contributed by atoms with E-state index >= 15 is 0 Å². The molecule has 2 amide bonds. The van der Waals surface area contributed by atoms with Crippen LogP contribution in [0, 0.1) is 11.8 Å². The maximum Gasteiger partial charge on any atom is 0.243 e. The molecular formula is C26H36N2O4. The molecule has 0 heterocycles. The molecule has 0 saturated heterocycles. The second-order valence-corrected chi connectivity index (χ2v) is 9.02. The molecule has 6 heteroatoms. The summed E-state index contributed by atoms with van der Waals surface area (Å²) in [6, 6.07) is 12.4. The molecule has 0 aromatic heterocycles. The standard InChI is InChI=1S/C26H36N2O4/c1-16(2)13-19-7-10-21(11-8-19)18(5)25(30)28-24(17(3)4)26(31)27-15-20-9-12-22(29)23(14-20)32-6/h7-12,14,16-18,24,29H,13,15H2,1-6H3,(H,27,31)(H,28,30)/t18?,24-/m0/s1. The normalized spacial score (nSPS) is 13.0. The summed E-state index contributed by atoms with van der Waals surface area (Å²) in [7, 11) is 1.47. The van der Waals surface area contributed by atoms with Crippen LogP contribution in [0.5, 0.6) is 11.5 Å². The molecule has 0 saturated carbocycles. The van der Waals surface area contributed by atoms with Crippen LogP contribution >= 0.6 is 0 Å². The summed E-state index contributed by atoms with van der Waals surface area (Å²) in [5.41, 5.74) is 2.97. The van der Waals surface area contributed by atoms with Crippen molar-refractivity contribution in [1.29, 1.82) is 0 Å². The van der Waals surface area contributed by atoms with Gasteiger partial charge in [0.05, 0.1) is 13.0 Å². The van der Waals surface area contributed by atoms with Crippen molar-refractivity contribution in [2.75, 3.05) is 7.11 Å². The van der Waals surface area contributed by atoms with E-state index in [1.807, 2.05) is 32.9 Å². The number of benzene rings is 2. The number of methoxy groups -OCH3 is 1. The van der Waals surface area contributed by atoms with Gasteiger partial charge in [0, 0.05) is 6.54 Å². The maximum atomic E-state index is 12.9. The molecule has 2 aromatic carbocycles. The number of aromatic hydroxyl groups is 1. The van der Waals surface area contributed by atoms with Crippen LogP contribution < -0.4 is 15.4 Å². The van der Waals surface area contributed by atoms with Crippen molar-refractivity contribution in [1.82, 2.24) is 10.6 Å². The summed E-state index contributed by atoms with van der Waals surface area (Å²) in [5.74, 6) is 0.100. The van der Waals surface area contributed by atoms with Crippen molar-refractivity contribution >= 4 is 11.8 Å². The number of ether oxygens (including phenoxy) is 1. The zero-order valence-corrected chi connectivity index (χ0v) is 19.9. The highest BCUT2D eigenvalue weighted by molar-refractivity contribution is 5.90. The fourth-order valence-electron chi connectivity index (χ4n) is 3.51. The van der Waals surface area contributed by atoms with E-state index in [2.05, 4.69) is 36.6 Å². The molecule has 3 N–H and O–H groups in total. The summed E-state index contributed by atoms with van der Waals surface area (Å²) >= 11 is 0. The van der Waals surface area contributed by atoms with Gasteiger partial charge in [0.1, 0.15) is 6.04 Å². The summed E-state index contributed by atoms with van der Waals surface area (Å²) in [4.78, 5) is 25.7. The summed E-state index contributed by atoms with van der Waals surface area (Å²) in [6.45, 7) is 10.3. The Morgan fingerprint density at radius 2 is 1.56 bits per heavy atom. The van der Waals surface area contributed by atoms with E-state index in [9.17, 15) is 14.7 Å². The molecule has 0 aliphatic heterocycles. The first-order valence-electron chi connectivity index (χ1n) is 11.1. The van der Waals surface area contributed by atoms with E-state index in [-0.39, 0.29) is 35.9 Å². The smallest absolute Gasteiger partial charge is 0.243 e. The van der Waals surface area contributed by atoms with Crippen LogP contribution in [0.2, 0.25) is 0 Å². The van der Waals surface area contributed by atoms with E-state index in [1.165, 1.54) is 18.7 Å². The molecule has 0 aliphatic rings. The average molecular weight is 441 g/mol. The van der Waals surface area contributed by atoms with Gasteiger partial charge in [0.15, 0.2) is 11.5 Å². The Bertz CT molecular complexity index is 907. The minimum Gasteiger partial charge on any atom is -0.504 e. The molecule has 2 aromatic rings. The number of amides is 2. The Morgan fingerprint density at radius 3 is 2.12 bits per heavy atom. The Hall–Kier alpha value is -3.02. The average Bonchev–Trinajstić information content (AvgIpc) is 2.75. The van der Waals surface area contributed by atoms with Gasteiger partial charge in [0.25, 0.3) is 0 Å². The molecule has 0 aliphatic carbocycles. The predicted octanol–water partition coefficient (Wildman–Crippen LogP) is 4.16. The number of carbonyl (C=O) groups is 2. The van der Waals surface area contributed by atoms with Crippen LogP contribution in [-0.2, 0) is 22.6 Å². The molecule has 0 bridgehead atoms. The van der Waals surface area contributed by atoms with Gasteiger partial charge in [-0.1, -0.05) is 58.0 Å². The minimum atomic E-state index is -0.649. The van der Waals surface area contributed by atoms with Crippen LogP contribution in [0.3, 0.4) is 0 Å². The van der Waals surface area contributed by atoms with Gasteiger partial charge in [0.2, 0.25) is 11.8 Å². The predicted molar refractivity (Wildman–Crippen MR) is 127 cm³/mol. The Labute approximate surface area is 191 Å². The number of phenolic OH excluding ortho intramolecular Hbond substituents is 1. The van der Waals surface area contributed by atoms with Gasteiger partial charge in [-0.2, -0.15) is 0 Å². The Balaban J connectivity index is 2.00. The second kappa shape index (κ2) is 11.6. The Kier molecular flexibility index (Phi) is 9.12. The molecule has 174 valence electrons. The maximum absolute atomic E-state index is 12.9. The summed E-state index contributed by atoms with van der Waals surface area (Å²) in [6.07, 6.45) is 1.00. The SMILES string of the molecule is COc1cc(CNC(=O)[C@@H](NC(=O)C(C)c2ccc(CC(C)C)cc2)C(C)C)ccc1O. The van der Waals surface area contributed by atoms with Crippen molar-refractivity contribution in [2.45, 2.75) is 59.5 Å². The fraction of sp³-hybridized carbons (Fsp3) is 0.462. The lowest BCUT2D eigenvalue weighted by Crippen LogP contribution is -2.50. The third-order valence-corrected chi connectivity index (χ3v) is 5.47. The first-order valence-corrected chi connectivity index (χ1v) is 11.1. The second-order valence-electron chi connectivity index (χ2n) is 9.02. The molecule has 1 unspecified atom stereocenters. The first-order chi connectivity index (χ1) is 15.1. The largest absolute Gasteiger partial charge is 0.504 e. The number of phenols is 1. The minimum absolute atomic E-state index is 0.0427. The molecule has 2 rings (SSSR count). The monoisotopic (exact) mass is 440 g/mol. The van der Waals surface area contributed by atoms with Gasteiger partial charge in [-0.3, -0.25) is 9.59 Å². The zero-order chi connectivity index (χ0) is 23.8. The number of rotatable bonds is 10. The van der Waals surface area contributed by atoms with Crippen LogP contribution in [-0.4, -0.2) is 30.1 Å². The molecule has 6 nitrogen and oxygen atoms in total. The van der Waals surface area contributed by atoms with E-state index in [0.29, 0.717) is 11.7 Å². The van der Waals surface area contributed by atoms with Gasteiger partial charge in [-0.05, 0) is 54.0 Å². The van der Waals surface area contributed by atoms with Crippen LogP contribution in [0.1, 0.15) is 57.2 Å². The van der Waals surface area contributed by atoms with Crippen molar-refractivity contribution in [3.8, 4) is 11.5 Å². The zero-order valence-electron chi connectivity index (χ0n) is 19.9. The van der Waals surface area contributed by atoms with Crippen LogP contribution in [0.15, 0.2) is 42.5 Å². The highest BCUT2D eigenvalue weighted by Crippen LogP contribution is 2.26. The number of carbonyl (C=O) groups excluding carboxylic acids is 2. The van der Waals surface area contributed by atoms with E-state index in [1.54, 1.807) is 12.1 Å². The molecule has 32 heavy (non-hydrogen) atoms. The van der Waals surface area contributed by atoms with Crippen molar-refractivity contribution < 1.29 is 19.4 Å². The molecule has 0 spiro atoms. The lowest BCUT2D eigenvalue weighted by atomic mass is 9.95. The quantitative estimate of drug-likeness (QED) is 0.518. The van der Waals surface area contributed by atoms with Crippen LogP contribution in [0.25, 0.3) is 0 Å². The van der Waals surface area contributed by atoms with Gasteiger partial charge >= 0.3 is 0 Å². The van der Waals surface area contributed by atoms with Crippen molar-refractivity contribution in [3.05, 3.63) is 59.2 Å². The van der Waals surface area contributed by atoms with Crippen LogP contribution in [0.4, 0.5) is 0 Å². The Morgan fingerprint density at radius 1 is 0.938 bits per heavy atom. The van der Waals surface area contributed by atoms with Crippen molar-refractivity contribution in [3.63, 3.8) is 0 Å². The number of hydrogen-bond acceptors (Lipinski definition) is 4. The van der Waals surface area contributed by atoms with E-state index < -0.39 is 6.04 Å². The summed E-state index contributed by atoms with van der Waals surface area (Å²) < 4.78 is 5.11. The molecule has 2 atom stereocenters. The van der Waals surface area contributed by atoms with Gasteiger partial charge in [-0.25, -0.2) is 0 Å². The highest BCUT2D eigenvalue weighted by Gasteiger charge is 2.26. The number of hydrogen-bond donors (Lipinski definition) is 3. The molecule has 0 radical (unpaired) electrons. The topological polar surface area (TPSA) is 87.7 Å².